The molecule has 2 rings (SSSR count). The Morgan fingerprint density at radius 3 is 2.38 bits per heavy atom. The fourth-order valence-corrected chi connectivity index (χ4v) is 3.41. The zero-order valence-electron chi connectivity index (χ0n) is 18.7. The van der Waals surface area contributed by atoms with E-state index in [9.17, 15) is 19.7 Å². The van der Waals surface area contributed by atoms with Crippen molar-refractivity contribution in [2.24, 2.45) is 0 Å². The highest BCUT2D eigenvalue weighted by atomic mass is 16.6. The van der Waals surface area contributed by atoms with Gasteiger partial charge in [-0.1, -0.05) is 37.3 Å². The lowest BCUT2D eigenvalue weighted by molar-refractivity contribution is -0.384. The van der Waals surface area contributed by atoms with E-state index in [0.29, 0.717) is 23.4 Å². The molecule has 1 unspecified atom stereocenters. The quantitative estimate of drug-likeness (QED) is 0.261. The van der Waals surface area contributed by atoms with Gasteiger partial charge in [-0.2, -0.15) is 0 Å². The molecule has 0 saturated carbocycles. The van der Waals surface area contributed by atoms with Crippen molar-refractivity contribution in [3.63, 3.8) is 0 Å². The Labute approximate surface area is 187 Å². The number of hydrogen-bond donors (Lipinski definition) is 1. The van der Waals surface area contributed by atoms with Gasteiger partial charge in [-0.3, -0.25) is 10.1 Å². The zero-order valence-corrected chi connectivity index (χ0v) is 18.7. The van der Waals surface area contributed by atoms with E-state index in [-0.39, 0.29) is 30.0 Å². The van der Waals surface area contributed by atoms with Crippen molar-refractivity contribution in [1.29, 1.82) is 0 Å². The summed E-state index contributed by atoms with van der Waals surface area (Å²) in [5.74, 6) is -2.07. The zero-order chi connectivity index (χ0) is 23.7. The average molecular weight is 440 g/mol. The van der Waals surface area contributed by atoms with Crippen LogP contribution in [0.2, 0.25) is 0 Å². The summed E-state index contributed by atoms with van der Waals surface area (Å²) >= 11 is 0. The van der Waals surface area contributed by atoms with Crippen molar-refractivity contribution < 1.29 is 24.0 Å². The topological polar surface area (TPSA) is 108 Å². The molecule has 8 nitrogen and oxygen atoms in total. The second-order valence-corrected chi connectivity index (χ2v) is 7.18. The third kappa shape index (κ3) is 5.94. The van der Waals surface area contributed by atoms with E-state index in [2.05, 4.69) is 5.32 Å². The predicted molar refractivity (Wildman–Crippen MR) is 121 cm³/mol. The normalized spacial score (nSPS) is 16.4. The van der Waals surface area contributed by atoms with Crippen molar-refractivity contribution in [3.8, 4) is 0 Å². The molecule has 170 valence electrons. The Hall–Kier alpha value is -3.68. The largest absolute Gasteiger partial charge is 0.462 e. The number of dihydropyridines is 1. The molecule has 1 aromatic rings. The van der Waals surface area contributed by atoms with Crippen LogP contribution in [-0.4, -0.2) is 30.1 Å². The first kappa shape index (κ1) is 24.6. The molecule has 32 heavy (non-hydrogen) atoms. The molecule has 0 radical (unpaired) electrons. The molecular formula is C24H28N2O6. The number of rotatable bonds is 9. The second-order valence-electron chi connectivity index (χ2n) is 7.18. The van der Waals surface area contributed by atoms with Gasteiger partial charge in [-0.05, 0) is 38.8 Å². The predicted octanol–water partition coefficient (Wildman–Crippen LogP) is 4.46. The molecule has 1 N–H and O–H groups in total. The molecule has 0 fully saturated rings. The van der Waals surface area contributed by atoms with Crippen LogP contribution in [0.25, 0.3) is 0 Å². The monoisotopic (exact) mass is 440 g/mol. The molecule has 1 aliphatic rings. The minimum Gasteiger partial charge on any atom is -0.462 e. The SMILES string of the molecule is C/C=C/C=C/COC(=O)C1=C(C)NC(C)=C(C(=O)OCCC)C1c1cccc([N+](=O)[O-])c1. The molecule has 1 aliphatic heterocycles. The third-order valence-corrected chi connectivity index (χ3v) is 4.80. The number of carbonyl (C=O) groups excluding carboxylic acids is 2. The van der Waals surface area contributed by atoms with Crippen molar-refractivity contribution in [3.05, 3.63) is 86.8 Å². The minimum atomic E-state index is -0.868. The van der Waals surface area contributed by atoms with Crippen molar-refractivity contribution in [2.45, 2.75) is 40.0 Å². The van der Waals surface area contributed by atoms with Gasteiger partial charge in [0.05, 0.1) is 28.6 Å². The van der Waals surface area contributed by atoms with Crippen LogP contribution in [0.1, 0.15) is 45.6 Å². The summed E-state index contributed by atoms with van der Waals surface area (Å²) in [4.78, 5) is 36.8. The van der Waals surface area contributed by atoms with E-state index < -0.39 is 22.8 Å². The summed E-state index contributed by atoms with van der Waals surface area (Å²) in [6, 6.07) is 5.90. The molecule has 0 bridgehead atoms. The van der Waals surface area contributed by atoms with Crippen LogP contribution in [-0.2, 0) is 19.1 Å². The Morgan fingerprint density at radius 2 is 1.78 bits per heavy atom. The van der Waals surface area contributed by atoms with Gasteiger partial charge in [-0.15, -0.1) is 0 Å². The number of esters is 2. The maximum atomic E-state index is 13.1. The van der Waals surface area contributed by atoms with Crippen LogP contribution in [0, 0.1) is 10.1 Å². The summed E-state index contributed by atoms with van der Waals surface area (Å²) in [6.07, 6.45) is 7.72. The highest BCUT2D eigenvalue weighted by Gasteiger charge is 2.38. The van der Waals surface area contributed by atoms with Gasteiger partial charge >= 0.3 is 11.9 Å². The summed E-state index contributed by atoms with van der Waals surface area (Å²) in [5, 5.41) is 14.4. The smallest absolute Gasteiger partial charge is 0.337 e. The summed E-state index contributed by atoms with van der Waals surface area (Å²) in [6.45, 7) is 7.41. The molecule has 0 aliphatic carbocycles. The van der Waals surface area contributed by atoms with Crippen LogP contribution in [0.3, 0.4) is 0 Å². The number of allylic oxidation sites excluding steroid dienone is 5. The van der Waals surface area contributed by atoms with Gasteiger partial charge in [0.15, 0.2) is 0 Å². The van der Waals surface area contributed by atoms with Crippen molar-refractivity contribution >= 4 is 17.6 Å². The highest BCUT2D eigenvalue weighted by molar-refractivity contribution is 6.00. The Kier molecular flexibility index (Phi) is 8.95. The van der Waals surface area contributed by atoms with Gasteiger partial charge in [0, 0.05) is 23.5 Å². The maximum Gasteiger partial charge on any atom is 0.337 e. The van der Waals surface area contributed by atoms with Crippen LogP contribution >= 0.6 is 0 Å². The number of nitro benzene ring substituents is 1. The summed E-state index contributed by atoms with van der Waals surface area (Å²) in [5.41, 5.74) is 1.75. The van der Waals surface area contributed by atoms with Crippen LogP contribution in [0.5, 0.6) is 0 Å². The molecular weight excluding hydrogens is 412 g/mol. The minimum absolute atomic E-state index is 0.0416. The van der Waals surface area contributed by atoms with Crippen LogP contribution < -0.4 is 5.32 Å². The number of ether oxygens (including phenoxy) is 2. The molecule has 1 aromatic carbocycles. The molecule has 0 spiro atoms. The first-order valence-electron chi connectivity index (χ1n) is 10.4. The number of hydrogen-bond acceptors (Lipinski definition) is 7. The van der Waals surface area contributed by atoms with E-state index in [4.69, 9.17) is 9.47 Å². The van der Waals surface area contributed by atoms with Gasteiger partial charge in [0.1, 0.15) is 6.61 Å². The molecule has 1 atom stereocenters. The lowest BCUT2D eigenvalue weighted by atomic mass is 9.80. The standard InChI is InChI=1S/C24H28N2O6/c1-5-7-8-9-14-32-24(28)21-17(4)25-16(3)20(23(27)31-13-6-2)22(21)18-11-10-12-19(15-18)26(29)30/h5,7-12,15,22,25H,6,13-14H2,1-4H3/b7-5+,9-8+. The number of carbonyl (C=O) groups is 2. The number of nitrogens with one attached hydrogen (secondary N) is 1. The maximum absolute atomic E-state index is 13.1. The Morgan fingerprint density at radius 1 is 1.12 bits per heavy atom. The number of non-ortho nitro benzene ring substituents is 1. The van der Waals surface area contributed by atoms with Crippen molar-refractivity contribution in [2.75, 3.05) is 13.2 Å². The molecule has 0 saturated heterocycles. The van der Waals surface area contributed by atoms with E-state index in [1.54, 1.807) is 38.1 Å². The Bertz CT molecular complexity index is 1000. The van der Waals surface area contributed by atoms with E-state index >= 15 is 0 Å². The van der Waals surface area contributed by atoms with Gasteiger partial charge < -0.3 is 14.8 Å². The fraction of sp³-hybridized carbons (Fsp3) is 0.333. The Balaban J connectivity index is 2.53. The lowest BCUT2D eigenvalue weighted by Crippen LogP contribution is -2.32. The lowest BCUT2D eigenvalue weighted by Gasteiger charge is -2.30. The van der Waals surface area contributed by atoms with Gasteiger partial charge in [0.2, 0.25) is 0 Å². The first-order chi connectivity index (χ1) is 15.3. The van der Waals surface area contributed by atoms with Crippen LogP contribution in [0.4, 0.5) is 5.69 Å². The van der Waals surface area contributed by atoms with Crippen molar-refractivity contribution in [1.82, 2.24) is 5.32 Å². The second kappa shape index (κ2) is 11.6. The van der Waals surface area contributed by atoms with Gasteiger partial charge in [-0.25, -0.2) is 9.59 Å². The van der Waals surface area contributed by atoms with E-state index in [0.717, 1.165) is 0 Å². The summed E-state index contributed by atoms with van der Waals surface area (Å²) in [7, 11) is 0. The number of nitrogens with zero attached hydrogens (tertiary/aromatic N) is 1. The first-order valence-corrected chi connectivity index (χ1v) is 10.4. The van der Waals surface area contributed by atoms with Crippen LogP contribution in [0.15, 0.2) is 71.1 Å². The molecule has 8 heteroatoms. The number of benzene rings is 1. The average Bonchev–Trinajstić information content (AvgIpc) is 2.76. The summed E-state index contributed by atoms with van der Waals surface area (Å²) < 4.78 is 10.8. The van der Waals surface area contributed by atoms with E-state index in [1.165, 1.54) is 18.2 Å². The van der Waals surface area contributed by atoms with E-state index in [1.807, 2.05) is 19.9 Å². The fourth-order valence-electron chi connectivity index (χ4n) is 3.41. The third-order valence-electron chi connectivity index (χ3n) is 4.80. The molecule has 1 heterocycles. The number of nitro groups is 1. The molecule has 0 aromatic heterocycles. The highest BCUT2D eigenvalue weighted by Crippen LogP contribution is 2.40. The van der Waals surface area contributed by atoms with Gasteiger partial charge in [0.25, 0.3) is 5.69 Å². The molecule has 0 amide bonds.